The fourth-order valence-corrected chi connectivity index (χ4v) is 3.32. The van der Waals surface area contributed by atoms with E-state index in [-0.39, 0.29) is 5.92 Å². The smallest absolute Gasteiger partial charge is 0.0937 e. The lowest BCUT2D eigenvalue weighted by molar-refractivity contribution is -0.0366. The van der Waals surface area contributed by atoms with Crippen molar-refractivity contribution >= 4 is 11.6 Å². The molecule has 0 aliphatic rings. The monoisotopic (exact) mass is 331 g/mol. The molecule has 0 unspecified atom stereocenters. The van der Waals surface area contributed by atoms with Gasteiger partial charge in [-0.3, -0.25) is 0 Å². The maximum Gasteiger partial charge on any atom is 0.0937 e. The molecule has 0 spiro atoms. The number of benzene rings is 2. The van der Waals surface area contributed by atoms with E-state index in [9.17, 15) is 5.11 Å². The summed E-state index contributed by atoms with van der Waals surface area (Å²) in [7, 11) is 4.10. The SMILES string of the molecule is CC[C@@](O)(c1ccc(Cl)cc1)[C@@H](Cc1ccccc1)CN(C)C. The Morgan fingerprint density at radius 1 is 1.04 bits per heavy atom. The quantitative estimate of drug-likeness (QED) is 0.815. The molecule has 0 aromatic heterocycles. The van der Waals surface area contributed by atoms with Gasteiger partial charge in [-0.05, 0) is 50.2 Å². The Morgan fingerprint density at radius 3 is 2.17 bits per heavy atom. The second kappa shape index (κ2) is 7.96. The molecule has 0 saturated carbocycles. The maximum absolute atomic E-state index is 11.5. The van der Waals surface area contributed by atoms with Crippen LogP contribution >= 0.6 is 11.6 Å². The van der Waals surface area contributed by atoms with Gasteiger partial charge in [-0.25, -0.2) is 0 Å². The molecule has 124 valence electrons. The van der Waals surface area contributed by atoms with Crippen molar-refractivity contribution in [3.05, 3.63) is 70.7 Å². The van der Waals surface area contributed by atoms with Crippen molar-refractivity contribution in [1.82, 2.24) is 4.90 Å². The Morgan fingerprint density at radius 2 is 1.65 bits per heavy atom. The Balaban J connectivity index is 2.35. The molecule has 23 heavy (non-hydrogen) atoms. The van der Waals surface area contributed by atoms with Gasteiger partial charge in [0, 0.05) is 17.5 Å². The predicted octanol–water partition coefficient (Wildman–Crippen LogP) is 4.36. The molecule has 2 aromatic carbocycles. The van der Waals surface area contributed by atoms with Gasteiger partial charge in [0.1, 0.15) is 0 Å². The summed E-state index contributed by atoms with van der Waals surface area (Å²) < 4.78 is 0. The third kappa shape index (κ3) is 4.57. The topological polar surface area (TPSA) is 23.5 Å². The van der Waals surface area contributed by atoms with Crippen LogP contribution in [0, 0.1) is 5.92 Å². The van der Waals surface area contributed by atoms with Crippen molar-refractivity contribution in [2.24, 2.45) is 5.92 Å². The van der Waals surface area contributed by atoms with E-state index >= 15 is 0 Å². The minimum Gasteiger partial charge on any atom is -0.385 e. The number of aliphatic hydroxyl groups is 1. The number of nitrogens with zero attached hydrogens (tertiary/aromatic N) is 1. The van der Waals surface area contributed by atoms with Gasteiger partial charge in [0.05, 0.1) is 5.60 Å². The van der Waals surface area contributed by atoms with Crippen LogP contribution in [-0.4, -0.2) is 30.6 Å². The summed E-state index contributed by atoms with van der Waals surface area (Å²) in [6, 6.07) is 18.0. The number of hydrogen-bond acceptors (Lipinski definition) is 2. The largest absolute Gasteiger partial charge is 0.385 e. The van der Waals surface area contributed by atoms with Gasteiger partial charge in [-0.15, -0.1) is 0 Å². The number of hydrogen-bond donors (Lipinski definition) is 1. The van der Waals surface area contributed by atoms with Crippen molar-refractivity contribution < 1.29 is 5.11 Å². The van der Waals surface area contributed by atoms with Gasteiger partial charge in [-0.1, -0.05) is 61.0 Å². The van der Waals surface area contributed by atoms with Crippen molar-refractivity contribution in [1.29, 1.82) is 0 Å². The molecule has 0 bridgehead atoms. The lowest BCUT2D eigenvalue weighted by Crippen LogP contribution is -2.41. The molecule has 0 aliphatic heterocycles. The van der Waals surface area contributed by atoms with E-state index in [1.54, 1.807) is 0 Å². The molecule has 2 rings (SSSR count). The second-order valence-corrected chi connectivity index (χ2v) is 6.87. The summed E-state index contributed by atoms with van der Waals surface area (Å²) in [5, 5.41) is 12.2. The summed E-state index contributed by atoms with van der Waals surface area (Å²) in [4.78, 5) is 2.14. The first kappa shape index (κ1) is 18.0. The first-order valence-electron chi connectivity index (χ1n) is 8.12. The minimum atomic E-state index is -0.870. The molecule has 2 nitrogen and oxygen atoms in total. The van der Waals surface area contributed by atoms with Crippen molar-refractivity contribution in [2.75, 3.05) is 20.6 Å². The molecule has 2 aromatic rings. The van der Waals surface area contributed by atoms with Crippen molar-refractivity contribution in [3.8, 4) is 0 Å². The van der Waals surface area contributed by atoms with E-state index in [1.165, 1.54) is 5.56 Å². The average molecular weight is 332 g/mol. The molecule has 2 atom stereocenters. The molecule has 0 radical (unpaired) electrons. The van der Waals surface area contributed by atoms with E-state index in [0.717, 1.165) is 18.5 Å². The first-order chi connectivity index (χ1) is 11.0. The van der Waals surface area contributed by atoms with Gasteiger partial charge in [0.2, 0.25) is 0 Å². The highest BCUT2D eigenvalue weighted by molar-refractivity contribution is 6.30. The molecule has 1 N–H and O–H groups in total. The zero-order valence-corrected chi connectivity index (χ0v) is 14.9. The van der Waals surface area contributed by atoms with Crippen molar-refractivity contribution in [2.45, 2.75) is 25.4 Å². The van der Waals surface area contributed by atoms with Crippen molar-refractivity contribution in [3.63, 3.8) is 0 Å². The van der Waals surface area contributed by atoms with Gasteiger partial charge in [-0.2, -0.15) is 0 Å². The lowest BCUT2D eigenvalue weighted by Gasteiger charge is -2.38. The molecule has 0 amide bonds. The van der Waals surface area contributed by atoms with Gasteiger partial charge in [0.25, 0.3) is 0 Å². The zero-order chi connectivity index (χ0) is 16.9. The van der Waals surface area contributed by atoms with E-state index in [1.807, 2.05) is 37.3 Å². The number of halogens is 1. The highest BCUT2D eigenvalue weighted by atomic mass is 35.5. The van der Waals surface area contributed by atoms with Crippen LogP contribution < -0.4 is 0 Å². The highest BCUT2D eigenvalue weighted by Crippen LogP contribution is 2.36. The van der Waals surface area contributed by atoms with Crippen LogP contribution in [0.2, 0.25) is 5.02 Å². The second-order valence-electron chi connectivity index (χ2n) is 6.43. The number of rotatable bonds is 7. The molecular weight excluding hydrogens is 306 g/mol. The molecule has 0 heterocycles. The van der Waals surface area contributed by atoms with Crippen LogP contribution in [0.25, 0.3) is 0 Å². The summed E-state index contributed by atoms with van der Waals surface area (Å²) in [5.41, 5.74) is 1.32. The summed E-state index contributed by atoms with van der Waals surface area (Å²) in [6.45, 7) is 2.87. The van der Waals surface area contributed by atoms with Crippen LogP contribution in [0.5, 0.6) is 0 Å². The molecule has 3 heteroatoms. The Bertz CT molecular complexity index is 597. The van der Waals surface area contributed by atoms with E-state index in [4.69, 9.17) is 11.6 Å². The summed E-state index contributed by atoms with van der Waals surface area (Å²) in [5.74, 6) is 0.103. The fraction of sp³-hybridized carbons (Fsp3) is 0.400. The molecule has 0 fully saturated rings. The molecule has 0 aliphatic carbocycles. The standard InChI is InChI=1S/C20H26ClNO/c1-4-20(23,17-10-12-19(21)13-11-17)18(15-22(2)3)14-16-8-6-5-7-9-16/h5-13,18,23H,4,14-15H2,1-3H3/t18-,20+/m0/s1. The maximum atomic E-state index is 11.5. The van der Waals surface area contributed by atoms with Crippen LogP contribution in [0.3, 0.4) is 0 Å². The predicted molar refractivity (Wildman–Crippen MR) is 97.8 cm³/mol. The lowest BCUT2D eigenvalue weighted by atomic mass is 9.76. The van der Waals surface area contributed by atoms with Crippen LogP contribution in [0.1, 0.15) is 24.5 Å². The summed E-state index contributed by atoms with van der Waals surface area (Å²) in [6.07, 6.45) is 1.51. The first-order valence-corrected chi connectivity index (χ1v) is 8.50. The average Bonchev–Trinajstić information content (AvgIpc) is 2.55. The molecule has 0 saturated heterocycles. The van der Waals surface area contributed by atoms with Gasteiger partial charge < -0.3 is 10.0 Å². The minimum absolute atomic E-state index is 0.103. The fourth-order valence-electron chi connectivity index (χ4n) is 3.19. The third-order valence-electron chi connectivity index (χ3n) is 4.47. The molecular formula is C20H26ClNO. The zero-order valence-electron chi connectivity index (χ0n) is 14.2. The Labute approximate surface area is 144 Å². The summed E-state index contributed by atoms with van der Waals surface area (Å²) >= 11 is 6.01. The van der Waals surface area contributed by atoms with Gasteiger partial charge >= 0.3 is 0 Å². The van der Waals surface area contributed by atoms with Gasteiger partial charge in [0.15, 0.2) is 0 Å². The Kier molecular flexibility index (Phi) is 6.23. The highest BCUT2D eigenvalue weighted by Gasteiger charge is 2.37. The Hall–Kier alpha value is -1.35. The van der Waals surface area contributed by atoms with Crippen LogP contribution in [-0.2, 0) is 12.0 Å². The van der Waals surface area contributed by atoms with E-state index in [2.05, 4.69) is 43.3 Å². The van der Waals surface area contributed by atoms with Crippen LogP contribution in [0.15, 0.2) is 54.6 Å². The van der Waals surface area contributed by atoms with E-state index in [0.29, 0.717) is 11.4 Å². The van der Waals surface area contributed by atoms with E-state index < -0.39 is 5.60 Å². The normalized spacial score (nSPS) is 15.4. The third-order valence-corrected chi connectivity index (χ3v) is 4.72. The van der Waals surface area contributed by atoms with Crippen LogP contribution in [0.4, 0.5) is 0 Å².